The molecule has 0 bridgehead atoms. The van der Waals surface area contributed by atoms with Crippen LogP contribution >= 0.6 is 27.5 Å². The van der Waals surface area contributed by atoms with Crippen molar-refractivity contribution in [3.05, 3.63) is 39.4 Å². The van der Waals surface area contributed by atoms with Crippen molar-refractivity contribution in [3.63, 3.8) is 0 Å². The molecule has 0 radical (unpaired) electrons. The van der Waals surface area contributed by atoms with E-state index in [0.29, 0.717) is 11.5 Å². The summed E-state index contributed by atoms with van der Waals surface area (Å²) in [6, 6.07) is 1.26. The SMILES string of the molecule is CON(C)C(=O)CC(O)CNC(=O)Nc1snc(OCc2c(F)cc(Br)cc2F)c1C(N)=O. The summed E-state index contributed by atoms with van der Waals surface area (Å²) in [5, 5.41) is 15.3. The summed E-state index contributed by atoms with van der Waals surface area (Å²) in [7, 11) is 2.65. The molecular formula is C18H20BrF2N5O6S. The number of rotatable bonds is 10. The maximum absolute atomic E-state index is 14.0. The van der Waals surface area contributed by atoms with Gasteiger partial charge >= 0.3 is 6.03 Å². The predicted molar refractivity (Wildman–Crippen MR) is 116 cm³/mol. The Morgan fingerprint density at radius 2 is 1.97 bits per heavy atom. The van der Waals surface area contributed by atoms with Crippen molar-refractivity contribution in [2.75, 3.05) is 26.0 Å². The Kier molecular flexibility index (Phi) is 9.45. The van der Waals surface area contributed by atoms with Crippen LogP contribution in [0.4, 0.5) is 18.6 Å². The second kappa shape index (κ2) is 11.8. The smallest absolute Gasteiger partial charge is 0.320 e. The highest BCUT2D eigenvalue weighted by Crippen LogP contribution is 2.31. The number of amides is 4. The van der Waals surface area contributed by atoms with Crippen LogP contribution in [0.3, 0.4) is 0 Å². The summed E-state index contributed by atoms with van der Waals surface area (Å²) in [6.07, 6.45) is -1.51. The zero-order chi connectivity index (χ0) is 24.7. The lowest BCUT2D eigenvalue weighted by Gasteiger charge is -2.16. The molecule has 33 heavy (non-hydrogen) atoms. The molecule has 0 aliphatic heterocycles. The summed E-state index contributed by atoms with van der Waals surface area (Å²) in [6.45, 7) is -0.873. The second-order valence-electron chi connectivity index (χ2n) is 6.46. The minimum atomic E-state index is -1.20. The van der Waals surface area contributed by atoms with E-state index in [2.05, 4.69) is 35.8 Å². The summed E-state index contributed by atoms with van der Waals surface area (Å²) in [5.41, 5.74) is 4.64. The number of halogens is 3. The van der Waals surface area contributed by atoms with Crippen LogP contribution in [0.1, 0.15) is 22.3 Å². The average Bonchev–Trinajstić information content (AvgIpc) is 3.13. The number of hydrogen-bond donors (Lipinski definition) is 4. The number of carbonyl (C=O) groups excluding carboxylic acids is 3. The third-order valence-corrected chi connectivity index (χ3v) is 5.33. The first-order valence-corrected chi connectivity index (χ1v) is 10.7. The topological polar surface area (TPSA) is 156 Å². The van der Waals surface area contributed by atoms with Crippen LogP contribution in [0.15, 0.2) is 16.6 Å². The van der Waals surface area contributed by atoms with E-state index in [1.807, 2.05) is 0 Å². The minimum absolute atomic E-state index is 0.0866. The van der Waals surface area contributed by atoms with Gasteiger partial charge in [-0.25, -0.2) is 18.6 Å². The fraction of sp³-hybridized carbons (Fsp3) is 0.333. The Balaban J connectivity index is 2.01. The van der Waals surface area contributed by atoms with Crippen molar-refractivity contribution in [3.8, 4) is 5.88 Å². The molecule has 0 saturated carbocycles. The molecule has 15 heteroatoms. The highest BCUT2D eigenvalue weighted by Gasteiger charge is 2.23. The largest absolute Gasteiger partial charge is 0.471 e. The molecule has 0 saturated heterocycles. The molecule has 1 atom stereocenters. The number of urea groups is 1. The number of hydroxylamine groups is 2. The predicted octanol–water partition coefficient (Wildman–Crippen LogP) is 1.75. The van der Waals surface area contributed by atoms with Crippen LogP contribution in [0.5, 0.6) is 5.88 Å². The van der Waals surface area contributed by atoms with E-state index in [-0.39, 0.29) is 33.9 Å². The van der Waals surface area contributed by atoms with E-state index in [4.69, 9.17) is 10.5 Å². The van der Waals surface area contributed by atoms with E-state index >= 15 is 0 Å². The molecule has 1 aromatic carbocycles. The zero-order valence-electron chi connectivity index (χ0n) is 17.4. The first-order valence-electron chi connectivity index (χ1n) is 9.12. The molecule has 0 aliphatic carbocycles. The first kappa shape index (κ1) is 26.4. The fourth-order valence-corrected chi connectivity index (χ4v) is 3.53. The van der Waals surface area contributed by atoms with Crippen molar-refractivity contribution < 1.29 is 37.8 Å². The van der Waals surface area contributed by atoms with Crippen molar-refractivity contribution in [1.82, 2.24) is 14.8 Å². The van der Waals surface area contributed by atoms with Gasteiger partial charge < -0.3 is 20.9 Å². The highest BCUT2D eigenvalue weighted by atomic mass is 79.9. The van der Waals surface area contributed by atoms with Gasteiger partial charge in [0.1, 0.15) is 28.8 Å². The van der Waals surface area contributed by atoms with E-state index in [0.717, 1.165) is 17.2 Å². The van der Waals surface area contributed by atoms with Crippen molar-refractivity contribution in [2.45, 2.75) is 19.1 Å². The van der Waals surface area contributed by atoms with Gasteiger partial charge in [0.15, 0.2) is 0 Å². The number of nitrogens with two attached hydrogens (primary N) is 1. The van der Waals surface area contributed by atoms with Gasteiger partial charge in [-0.2, -0.15) is 4.37 Å². The number of carbonyl (C=O) groups is 3. The monoisotopic (exact) mass is 551 g/mol. The van der Waals surface area contributed by atoms with Crippen LogP contribution in [0, 0.1) is 11.6 Å². The summed E-state index contributed by atoms with van der Waals surface area (Å²) >= 11 is 3.61. The molecule has 4 amide bonds. The van der Waals surface area contributed by atoms with Gasteiger partial charge in [-0.1, -0.05) is 15.9 Å². The number of aromatic nitrogens is 1. The lowest BCUT2D eigenvalue weighted by atomic mass is 10.2. The lowest BCUT2D eigenvalue weighted by Crippen LogP contribution is -2.38. The van der Waals surface area contributed by atoms with Crippen molar-refractivity contribution in [1.29, 1.82) is 0 Å². The van der Waals surface area contributed by atoms with Gasteiger partial charge in [0, 0.05) is 18.1 Å². The Morgan fingerprint density at radius 3 is 2.55 bits per heavy atom. The molecule has 0 fully saturated rings. The number of anilines is 1. The summed E-state index contributed by atoms with van der Waals surface area (Å²) < 4.78 is 37.3. The third-order valence-electron chi connectivity index (χ3n) is 4.13. The van der Waals surface area contributed by atoms with Crippen LogP contribution in [-0.4, -0.2) is 59.2 Å². The van der Waals surface area contributed by atoms with Crippen LogP contribution < -0.4 is 21.1 Å². The summed E-state index contributed by atoms with van der Waals surface area (Å²) in [4.78, 5) is 40.3. The molecule has 1 aromatic heterocycles. The van der Waals surface area contributed by atoms with E-state index in [1.54, 1.807) is 0 Å². The highest BCUT2D eigenvalue weighted by molar-refractivity contribution is 9.10. The molecule has 2 aromatic rings. The molecule has 1 unspecified atom stereocenters. The van der Waals surface area contributed by atoms with E-state index in [9.17, 15) is 28.3 Å². The lowest BCUT2D eigenvalue weighted by molar-refractivity contribution is -0.170. The molecule has 2 rings (SSSR count). The van der Waals surface area contributed by atoms with E-state index < -0.39 is 47.8 Å². The number of aliphatic hydroxyl groups is 1. The first-order chi connectivity index (χ1) is 15.5. The number of aliphatic hydroxyl groups excluding tert-OH is 1. The molecular weight excluding hydrogens is 532 g/mol. The molecule has 1 heterocycles. The minimum Gasteiger partial charge on any atom is -0.471 e. The normalized spacial score (nSPS) is 11.6. The number of primary amides is 1. The standard InChI is InChI=1S/C18H20BrF2N5O6S/c1-26(31-2)13(28)5-9(27)6-23-18(30)24-17-14(15(22)29)16(25-33-17)32-7-10-11(20)3-8(19)4-12(10)21/h3-4,9,27H,5-7H2,1-2H3,(H2,22,29)(H2,23,24,30). The number of hydrogen-bond acceptors (Lipinski definition) is 8. The number of nitrogens with zero attached hydrogens (tertiary/aromatic N) is 2. The van der Waals surface area contributed by atoms with Gasteiger partial charge in [-0.05, 0) is 23.7 Å². The van der Waals surface area contributed by atoms with Gasteiger partial charge in [0.05, 0.1) is 25.2 Å². The number of nitrogens with one attached hydrogen (secondary N) is 2. The molecule has 180 valence electrons. The van der Waals surface area contributed by atoms with Crippen molar-refractivity contribution in [2.24, 2.45) is 5.73 Å². The van der Waals surface area contributed by atoms with Gasteiger partial charge in [-0.3, -0.25) is 19.7 Å². The van der Waals surface area contributed by atoms with Crippen LogP contribution in [-0.2, 0) is 16.2 Å². The molecule has 0 spiro atoms. The summed E-state index contributed by atoms with van der Waals surface area (Å²) in [5.74, 6) is -3.57. The maximum atomic E-state index is 14.0. The number of benzene rings is 1. The van der Waals surface area contributed by atoms with Gasteiger partial charge in [0.2, 0.25) is 11.8 Å². The Hall–Kier alpha value is -2.88. The van der Waals surface area contributed by atoms with Crippen molar-refractivity contribution >= 4 is 50.3 Å². The fourth-order valence-electron chi connectivity index (χ4n) is 2.39. The quantitative estimate of drug-likeness (QED) is 0.327. The van der Waals surface area contributed by atoms with Crippen LogP contribution in [0.2, 0.25) is 0 Å². The molecule has 0 aliphatic rings. The Morgan fingerprint density at radius 1 is 1.33 bits per heavy atom. The number of ether oxygens (including phenoxy) is 1. The van der Waals surface area contributed by atoms with Crippen LogP contribution in [0.25, 0.3) is 0 Å². The Labute approximate surface area is 199 Å². The van der Waals surface area contributed by atoms with Gasteiger partial charge in [0.25, 0.3) is 5.91 Å². The van der Waals surface area contributed by atoms with Gasteiger partial charge in [-0.15, -0.1) is 0 Å². The maximum Gasteiger partial charge on any atom is 0.320 e. The zero-order valence-corrected chi connectivity index (χ0v) is 19.8. The second-order valence-corrected chi connectivity index (χ2v) is 8.15. The third kappa shape index (κ3) is 7.31. The molecule has 5 N–H and O–H groups in total. The van der Waals surface area contributed by atoms with E-state index in [1.165, 1.54) is 14.2 Å². The molecule has 11 nitrogen and oxygen atoms in total. The average molecular weight is 552 g/mol. The Bertz CT molecular complexity index is 1020.